The lowest BCUT2D eigenvalue weighted by Gasteiger charge is -2.10. The lowest BCUT2D eigenvalue weighted by Crippen LogP contribution is -2.17. The van der Waals surface area contributed by atoms with Gasteiger partial charge in [0, 0.05) is 29.4 Å². The van der Waals surface area contributed by atoms with Crippen molar-refractivity contribution in [2.24, 2.45) is 5.92 Å². The molecule has 8 heteroatoms. The van der Waals surface area contributed by atoms with Crippen LogP contribution in [0.5, 0.6) is 0 Å². The van der Waals surface area contributed by atoms with Crippen LogP contribution in [-0.2, 0) is 9.59 Å². The molecular formula is C12H13BrN2O5. The molecule has 1 amide bonds. The van der Waals surface area contributed by atoms with Gasteiger partial charge in [0.1, 0.15) is 0 Å². The summed E-state index contributed by atoms with van der Waals surface area (Å²) in [5, 5.41) is 21.8. The van der Waals surface area contributed by atoms with Crippen molar-refractivity contribution in [1.82, 2.24) is 0 Å². The topological polar surface area (TPSA) is 110 Å². The number of nitro benzene ring substituents is 1. The maximum absolute atomic E-state index is 11.7. The van der Waals surface area contributed by atoms with Gasteiger partial charge in [-0.05, 0) is 27.9 Å². The molecule has 0 saturated heterocycles. The number of anilines is 1. The average molecular weight is 345 g/mol. The highest BCUT2D eigenvalue weighted by atomic mass is 79.9. The number of halogens is 1. The molecule has 1 aromatic carbocycles. The van der Waals surface area contributed by atoms with Gasteiger partial charge in [-0.25, -0.2) is 0 Å². The van der Waals surface area contributed by atoms with Gasteiger partial charge in [0.15, 0.2) is 0 Å². The highest BCUT2D eigenvalue weighted by molar-refractivity contribution is 9.10. The van der Waals surface area contributed by atoms with Gasteiger partial charge in [0.25, 0.3) is 5.69 Å². The van der Waals surface area contributed by atoms with Crippen molar-refractivity contribution < 1.29 is 19.6 Å². The molecule has 7 nitrogen and oxygen atoms in total. The zero-order valence-electron chi connectivity index (χ0n) is 10.6. The molecule has 108 valence electrons. The zero-order valence-corrected chi connectivity index (χ0v) is 12.2. The molecule has 2 N–H and O–H groups in total. The zero-order chi connectivity index (χ0) is 15.3. The Bertz CT molecular complexity index is 547. The fraction of sp³-hybridized carbons (Fsp3) is 0.333. The van der Waals surface area contributed by atoms with Gasteiger partial charge in [0.2, 0.25) is 5.91 Å². The van der Waals surface area contributed by atoms with Crippen LogP contribution in [0.4, 0.5) is 11.4 Å². The Kier molecular flexibility index (Phi) is 5.63. The summed E-state index contributed by atoms with van der Waals surface area (Å²) in [4.78, 5) is 32.3. The minimum atomic E-state index is -0.957. The summed E-state index contributed by atoms with van der Waals surface area (Å²) in [6, 6.07) is 3.99. The smallest absolute Gasteiger partial charge is 0.303 e. The number of carboxylic acid groups (broad SMARTS) is 1. The van der Waals surface area contributed by atoms with E-state index in [-0.39, 0.29) is 30.4 Å². The van der Waals surface area contributed by atoms with Gasteiger partial charge in [-0.2, -0.15) is 0 Å². The molecule has 1 unspecified atom stereocenters. The van der Waals surface area contributed by atoms with Crippen LogP contribution in [0.25, 0.3) is 0 Å². The number of carbonyl (C=O) groups is 2. The van der Waals surface area contributed by atoms with E-state index in [9.17, 15) is 19.7 Å². The van der Waals surface area contributed by atoms with E-state index in [4.69, 9.17) is 5.11 Å². The lowest BCUT2D eigenvalue weighted by molar-refractivity contribution is -0.384. The van der Waals surface area contributed by atoms with E-state index >= 15 is 0 Å². The maximum atomic E-state index is 11.7. The first-order valence-corrected chi connectivity index (χ1v) is 6.54. The first-order chi connectivity index (χ1) is 9.29. The molecule has 0 spiro atoms. The fourth-order valence-electron chi connectivity index (χ4n) is 1.61. The quantitative estimate of drug-likeness (QED) is 0.609. The van der Waals surface area contributed by atoms with Crippen molar-refractivity contribution in [2.75, 3.05) is 5.32 Å². The molecule has 0 aliphatic carbocycles. The monoisotopic (exact) mass is 344 g/mol. The average Bonchev–Trinajstić information content (AvgIpc) is 2.30. The Morgan fingerprint density at radius 3 is 2.60 bits per heavy atom. The third-order valence-corrected chi connectivity index (χ3v) is 3.15. The third-order valence-electron chi connectivity index (χ3n) is 2.49. The molecule has 0 radical (unpaired) electrons. The second kappa shape index (κ2) is 6.99. The number of nitro groups is 1. The molecule has 1 atom stereocenters. The summed E-state index contributed by atoms with van der Waals surface area (Å²) in [6.07, 6.45) is -0.0232. The first-order valence-electron chi connectivity index (χ1n) is 5.75. The Hall–Kier alpha value is -1.96. The van der Waals surface area contributed by atoms with Crippen LogP contribution in [0, 0.1) is 16.0 Å². The number of carbonyl (C=O) groups excluding carboxylic acids is 1. The molecule has 0 heterocycles. The number of hydrogen-bond donors (Lipinski definition) is 2. The summed E-state index contributed by atoms with van der Waals surface area (Å²) >= 11 is 3.14. The molecule has 1 aromatic rings. The Morgan fingerprint density at radius 2 is 2.10 bits per heavy atom. The van der Waals surface area contributed by atoms with Gasteiger partial charge >= 0.3 is 5.97 Å². The third kappa shape index (κ3) is 4.96. The van der Waals surface area contributed by atoms with E-state index in [1.807, 2.05) is 0 Å². The first kappa shape index (κ1) is 16.1. The van der Waals surface area contributed by atoms with Crippen molar-refractivity contribution >= 4 is 39.2 Å². The number of benzene rings is 1. The van der Waals surface area contributed by atoms with E-state index in [2.05, 4.69) is 21.2 Å². The minimum absolute atomic E-state index is 0.0652. The molecule has 0 aliphatic heterocycles. The summed E-state index contributed by atoms with van der Waals surface area (Å²) in [5.74, 6) is -1.58. The molecule has 0 aliphatic rings. The van der Waals surface area contributed by atoms with Crippen molar-refractivity contribution in [3.8, 4) is 0 Å². The van der Waals surface area contributed by atoms with Crippen LogP contribution in [0.2, 0.25) is 0 Å². The molecule has 0 saturated carbocycles. The molecule has 20 heavy (non-hydrogen) atoms. The van der Waals surface area contributed by atoms with E-state index < -0.39 is 10.9 Å². The van der Waals surface area contributed by atoms with E-state index in [1.165, 1.54) is 18.2 Å². The molecule has 0 aromatic heterocycles. The standard InChI is InChI=1S/C12H13BrN2O5/c1-7(5-12(17)18)4-11(16)14-10-3-2-8(15(19)20)6-9(10)13/h2-3,6-7H,4-5H2,1H3,(H,14,16)(H,17,18). The predicted octanol–water partition coefficient (Wildman–Crippen LogP) is 2.80. The Labute approximate surface area is 123 Å². The lowest BCUT2D eigenvalue weighted by atomic mass is 10.0. The van der Waals surface area contributed by atoms with Gasteiger partial charge in [0.05, 0.1) is 10.6 Å². The molecule has 0 bridgehead atoms. The normalized spacial score (nSPS) is 11.7. The number of nitrogens with zero attached hydrogens (tertiary/aromatic N) is 1. The van der Waals surface area contributed by atoms with Crippen LogP contribution >= 0.6 is 15.9 Å². The Morgan fingerprint density at radius 1 is 1.45 bits per heavy atom. The summed E-state index contributed by atoms with van der Waals surface area (Å²) in [5.41, 5.74) is 0.317. The largest absolute Gasteiger partial charge is 0.481 e. The van der Waals surface area contributed by atoms with Crippen LogP contribution < -0.4 is 5.32 Å². The van der Waals surface area contributed by atoms with Crippen LogP contribution in [0.15, 0.2) is 22.7 Å². The minimum Gasteiger partial charge on any atom is -0.481 e. The Balaban J connectivity index is 2.67. The number of aliphatic carboxylic acids is 1. The van der Waals surface area contributed by atoms with Crippen LogP contribution in [-0.4, -0.2) is 21.9 Å². The second-order valence-corrected chi connectivity index (χ2v) is 5.23. The number of amides is 1. The van der Waals surface area contributed by atoms with Gasteiger partial charge in [-0.1, -0.05) is 6.92 Å². The number of carboxylic acids is 1. The SMILES string of the molecule is CC(CC(=O)O)CC(=O)Nc1ccc([N+](=O)[O-])cc1Br. The van der Waals surface area contributed by atoms with E-state index in [0.29, 0.717) is 10.2 Å². The maximum Gasteiger partial charge on any atom is 0.303 e. The summed E-state index contributed by atoms with van der Waals surface area (Å²) in [6.45, 7) is 1.67. The van der Waals surface area contributed by atoms with Crippen molar-refractivity contribution in [3.63, 3.8) is 0 Å². The summed E-state index contributed by atoms with van der Waals surface area (Å²) < 4.78 is 0.394. The predicted molar refractivity (Wildman–Crippen MR) is 75.5 cm³/mol. The second-order valence-electron chi connectivity index (χ2n) is 4.38. The van der Waals surface area contributed by atoms with E-state index in [1.54, 1.807) is 6.92 Å². The molecular weight excluding hydrogens is 332 g/mol. The number of rotatable bonds is 6. The van der Waals surface area contributed by atoms with Gasteiger partial charge < -0.3 is 10.4 Å². The van der Waals surface area contributed by atoms with Crippen molar-refractivity contribution in [2.45, 2.75) is 19.8 Å². The highest BCUT2D eigenvalue weighted by Crippen LogP contribution is 2.27. The van der Waals surface area contributed by atoms with Gasteiger partial charge in [-0.15, -0.1) is 0 Å². The fourth-order valence-corrected chi connectivity index (χ4v) is 2.07. The molecule has 1 rings (SSSR count). The van der Waals surface area contributed by atoms with Gasteiger partial charge in [-0.3, -0.25) is 19.7 Å². The van der Waals surface area contributed by atoms with Crippen LogP contribution in [0.3, 0.4) is 0 Å². The van der Waals surface area contributed by atoms with Crippen molar-refractivity contribution in [1.29, 1.82) is 0 Å². The van der Waals surface area contributed by atoms with Crippen molar-refractivity contribution in [3.05, 3.63) is 32.8 Å². The number of hydrogen-bond acceptors (Lipinski definition) is 4. The van der Waals surface area contributed by atoms with E-state index in [0.717, 1.165) is 0 Å². The number of non-ortho nitro benzene ring substituents is 1. The highest BCUT2D eigenvalue weighted by Gasteiger charge is 2.15. The summed E-state index contributed by atoms with van der Waals surface area (Å²) in [7, 11) is 0. The van der Waals surface area contributed by atoms with Crippen LogP contribution in [0.1, 0.15) is 19.8 Å². The molecule has 0 fully saturated rings. The number of nitrogens with one attached hydrogen (secondary N) is 1.